The summed E-state index contributed by atoms with van der Waals surface area (Å²) in [5.74, 6) is -0.397. The van der Waals surface area contributed by atoms with E-state index in [4.69, 9.17) is 11.6 Å². The molecule has 0 unspecified atom stereocenters. The maximum atomic E-state index is 12.6. The van der Waals surface area contributed by atoms with Gasteiger partial charge in [-0.2, -0.15) is 13.2 Å². The highest BCUT2D eigenvalue weighted by molar-refractivity contribution is 6.32. The number of carbonyl (C=O) groups excluding carboxylic acids is 1. The molecule has 0 aromatic heterocycles. The minimum absolute atomic E-state index is 0.144. The summed E-state index contributed by atoms with van der Waals surface area (Å²) in [6, 6.07) is 2.96. The van der Waals surface area contributed by atoms with Gasteiger partial charge in [0.05, 0.1) is 5.56 Å². The quantitative estimate of drug-likeness (QED) is 0.812. The van der Waals surface area contributed by atoms with Gasteiger partial charge in [-0.3, -0.25) is 4.79 Å². The Morgan fingerprint density at radius 1 is 1.25 bits per heavy atom. The highest BCUT2D eigenvalue weighted by Gasteiger charge is 2.30. The molecule has 110 valence electrons. The van der Waals surface area contributed by atoms with E-state index in [1.165, 1.54) is 6.08 Å². The van der Waals surface area contributed by atoms with E-state index in [0.717, 1.165) is 24.3 Å². The third-order valence-corrected chi connectivity index (χ3v) is 2.58. The SMILES string of the molecule is CC(C)(C)NC(=O)/C=C/c1cc(C(F)(F)F)ccc1Cl. The molecule has 1 amide bonds. The Labute approximate surface area is 120 Å². The molecule has 0 saturated carbocycles. The van der Waals surface area contributed by atoms with Crippen LogP contribution in [-0.2, 0) is 11.0 Å². The summed E-state index contributed by atoms with van der Waals surface area (Å²) in [6.45, 7) is 5.40. The number of amides is 1. The predicted molar refractivity (Wildman–Crippen MR) is 73.4 cm³/mol. The molecule has 0 spiro atoms. The Balaban J connectivity index is 2.95. The van der Waals surface area contributed by atoms with E-state index < -0.39 is 23.2 Å². The third kappa shape index (κ3) is 5.25. The molecular formula is C14H15ClF3NO. The Kier molecular flexibility index (Phi) is 4.86. The largest absolute Gasteiger partial charge is 0.416 e. The maximum Gasteiger partial charge on any atom is 0.416 e. The lowest BCUT2D eigenvalue weighted by atomic mass is 10.1. The summed E-state index contributed by atoms with van der Waals surface area (Å²) in [6.07, 6.45) is -2.02. The lowest BCUT2D eigenvalue weighted by molar-refractivity contribution is -0.137. The second kappa shape index (κ2) is 5.87. The van der Waals surface area contributed by atoms with Crippen LogP contribution in [-0.4, -0.2) is 11.4 Å². The van der Waals surface area contributed by atoms with Crippen molar-refractivity contribution in [1.82, 2.24) is 5.32 Å². The molecule has 0 aliphatic carbocycles. The van der Waals surface area contributed by atoms with E-state index in [-0.39, 0.29) is 10.6 Å². The monoisotopic (exact) mass is 305 g/mol. The molecule has 1 aromatic carbocycles. The lowest BCUT2D eigenvalue weighted by Gasteiger charge is -2.19. The van der Waals surface area contributed by atoms with E-state index in [1.807, 2.05) is 0 Å². The topological polar surface area (TPSA) is 29.1 Å². The molecule has 0 radical (unpaired) electrons. The Morgan fingerprint density at radius 2 is 1.85 bits per heavy atom. The minimum Gasteiger partial charge on any atom is -0.348 e. The number of carbonyl (C=O) groups is 1. The second-order valence-electron chi connectivity index (χ2n) is 5.31. The number of benzene rings is 1. The maximum absolute atomic E-state index is 12.6. The van der Waals surface area contributed by atoms with Crippen molar-refractivity contribution in [2.75, 3.05) is 0 Å². The van der Waals surface area contributed by atoms with Crippen molar-refractivity contribution in [3.05, 3.63) is 40.4 Å². The van der Waals surface area contributed by atoms with Crippen molar-refractivity contribution in [3.63, 3.8) is 0 Å². The van der Waals surface area contributed by atoms with Gasteiger partial charge in [0.2, 0.25) is 5.91 Å². The van der Waals surface area contributed by atoms with Crippen molar-refractivity contribution >= 4 is 23.6 Å². The zero-order chi connectivity index (χ0) is 15.6. The highest BCUT2D eigenvalue weighted by Crippen LogP contribution is 2.32. The molecule has 20 heavy (non-hydrogen) atoms. The van der Waals surface area contributed by atoms with E-state index in [1.54, 1.807) is 20.8 Å². The van der Waals surface area contributed by atoms with Crippen molar-refractivity contribution in [1.29, 1.82) is 0 Å². The first-order valence-corrected chi connectivity index (χ1v) is 6.24. The first-order valence-electron chi connectivity index (χ1n) is 5.86. The van der Waals surface area contributed by atoms with E-state index in [0.29, 0.717) is 0 Å². The number of hydrogen-bond acceptors (Lipinski definition) is 1. The van der Waals surface area contributed by atoms with Gasteiger partial charge in [0, 0.05) is 16.6 Å². The summed E-state index contributed by atoms with van der Waals surface area (Å²) in [5, 5.41) is 2.81. The fraction of sp³-hybridized carbons (Fsp3) is 0.357. The van der Waals surface area contributed by atoms with E-state index >= 15 is 0 Å². The normalized spacial score (nSPS) is 12.8. The minimum atomic E-state index is -4.44. The molecule has 0 saturated heterocycles. The van der Waals surface area contributed by atoms with Gasteiger partial charge in [-0.05, 0) is 50.6 Å². The van der Waals surface area contributed by atoms with Crippen molar-refractivity contribution < 1.29 is 18.0 Å². The molecule has 1 aromatic rings. The Bertz CT molecular complexity index is 530. The van der Waals surface area contributed by atoms with Gasteiger partial charge in [-0.1, -0.05) is 11.6 Å². The number of halogens is 4. The molecular weight excluding hydrogens is 291 g/mol. The zero-order valence-electron chi connectivity index (χ0n) is 11.3. The smallest absolute Gasteiger partial charge is 0.348 e. The van der Waals surface area contributed by atoms with E-state index in [9.17, 15) is 18.0 Å². The number of alkyl halides is 3. The predicted octanol–water partition coefficient (Wildman–Crippen LogP) is 4.29. The summed E-state index contributed by atoms with van der Waals surface area (Å²) in [4.78, 5) is 11.6. The standard InChI is InChI=1S/C14H15ClF3NO/c1-13(2,3)19-12(20)7-4-9-8-10(14(16,17)18)5-6-11(9)15/h4-8H,1-3H3,(H,19,20)/b7-4+. The summed E-state index contributed by atoms with van der Waals surface area (Å²) in [7, 11) is 0. The van der Waals surface area contributed by atoms with Gasteiger partial charge in [0.15, 0.2) is 0 Å². The summed E-state index contributed by atoms with van der Waals surface area (Å²) in [5.41, 5.74) is -1.08. The van der Waals surface area contributed by atoms with Crippen LogP contribution in [0.4, 0.5) is 13.2 Å². The first-order chi connectivity index (χ1) is 8.99. The van der Waals surface area contributed by atoms with Gasteiger partial charge in [0.1, 0.15) is 0 Å². The van der Waals surface area contributed by atoms with Crippen LogP contribution < -0.4 is 5.32 Å². The molecule has 1 N–H and O–H groups in total. The molecule has 0 atom stereocenters. The van der Waals surface area contributed by atoms with Crippen LogP contribution in [0.2, 0.25) is 5.02 Å². The van der Waals surface area contributed by atoms with Gasteiger partial charge in [-0.25, -0.2) is 0 Å². The molecule has 0 aliphatic rings. The third-order valence-electron chi connectivity index (χ3n) is 2.24. The lowest BCUT2D eigenvalue weighted by Crippen LogP contribution is -2.39. The van der Waals surface area contributed by atoms with Crippen LogP contribution in [0.5, 0.6) is 0 Å². The van der Waals surface area contributed by atoms with Crippen LogP contribution in [0, 0.1) is 0 Å². The molecule has 0 fully saturated rings. The van der Waals surface area contributed by atoms with Gasteiger partial charge >= 0.3 is 6.18 Å². The number of hydrogen-bond donors (Lipinski definition) is 1. The molecule has 2 nitrogen and oxygen atoms in total. The van der Waals surface area contributed by atoms with Crippen molar-refractivity contribution in [2.24, 2.45) is 0 Å². The fourth-order valence-electron chi connectivity index (χ4n) is 1.42. The second-order valence-corrected chi connectivity index (χ2v) is 5.71. The van der Waals surface area contributed by atoms with Crippen LogP contribution in [0.3, 0.4) is 0 Å². The molecule has 0 aliphatic heterocycles. The molecule has 1 rings (SSSR count). The van der Waals surface area contributed by atoms with Gasteiger partial charge in [-0.15, -0.1) is 0 Å². The molecule has 6 heteroatoms. The number of rotatable bonds is 2. The van der Waals surface area contributed by atoms with Crippen LogP contribution in [0.15, 0.2) is 24.3 Å². The zero-order valence-corrected chi connectivity index (χ0v) is 12.1. The molecule has 0 heterocycles. The van der Waals surface area contributed by atoms with Gasteiger partial charge < -0.3 is 5.32 Å². The Hall–Kier alpha value is -1.49. The average Bonchev–Trinajstić information content (AvgIpc) is 2.24. The van der Waals surface area contributed by atoms with Crippen molar-refractivity contribution in [2.45, 2.75) is 32.5 Å². The summed E-state index contributed by atoms with van der Waals surface area (Å²) < 4.78 is 37.7. The highest BCUT2D eigenvalue weighted by atomic mass is 35.5. The fourth-order valence-corrected chi connectivity index (χ4v) is 1.61. The number of nitrogens with one attached hydrogen (secondary N) is 1. The van der Waals surface area contributed by atoms with Crippen molar-refractivity contribution in [3.8, 4) is 0 Å². The Morgan fingerprint density at radius 3 is 2.35 bits per heavy atom. The van der Waals surface area contributed by atoms with Crippen LogP contribution >= 0.6 is 11.6 Å². The summed E-state index contributed by atoms with van der Waals surface area (Å²) >= 11 is 5.81. The first kappa shape index (κ1) is 16.6. The van der Waals surface area contributed by atoms with Crippen LogP contribution in [0.1, 0.15) is 31.9 Å². The van der Waals surface area contributed by atoms with E-state index in [2.05, 4.69) is 5.32 Å². The van der Waals surface area contributed by atoms with Crippen LogP contribution in [0.25, 0.3) is 6.08 Å². The average molecular weight is 306 g/mol. The van der Waals surface area contributed by atoms with Gasteiger partial charge in [0.25, 0.3) is 0 Å². The molecule has 0 bridgehead atoms.